The van der Waals surface area contributed by atoms with Crippen molar-refractivity contribution in [1.82, 2.24) is 24.8 Å². The number of hydrogen-bond donors (Lipinski definition) is 2. The standard InChI is InChI=1S/C27H31FN6O2/c1-3-13-34(14-4-2)26(35)25-17-19-16-20(6-7-22(19)32-25)31-27-30-12-9-23(33-27)24-18-21(8-11-29-24)36-15-5-10-28/h6-9,11-12,16-18,32H,3-5,10,13-15H2,1-2H3,(H,30,31,33). The van der Waals surface area contributed by atoms with Crippen LogP contribution in [-0.4, -0.2) is 57.1 Å². The molecule has 0 bridgehead atoms. The highest BCUT2D eigenvalue weighted by molar-refractivity contribution is 5.98. The highest BCUT2D eigenvalue weighted by atomic mass is 19.1. The van der Waals surface area contributed by atoms with E-state index in [1.807, 2.05) is 29.2 Å². The van der Waals surface area contributed by atoms with E-state index < -0.39 is 6.67 Å². The fourth-order valence-corrected chi connectivity index (χ4v) is 3.93. The van der Waals surface area contributed by atoms with Gasteiger partial charge in [0.05, 0.1) is 24.7 Å². The maximum atomic E-state index is 13.0. The van der Waals surface area contributed by atoms with Gasteiger partial charge in [0, 0.05) is 54.6 Å². The number of nitrogens with one attached hydrogen (secondary N) is 2. The third-order valence-corrected chi connectivity index (χ3v) is 5.58. The minimum Gasteiger partial charge on any atom is -0.493 e. The average Bonchev–Trinajstić information content (AvgIpc) is 3.32. The van der Waals surface area contributed by atoms with Crippen LogP contribution in [-0.2, 0) is 0 Å². The van der Waals surface area contributed by atoms with Gasteiger partial charge in [0.25, 0.3) is 5.91 Å². The van der Waals surface area contributed by atoms with Crippen LogP contribution in [0, 0.1) is 0 Å². The summed E-state index contributed by atoms with van der Waals surface area (Å²) in [5.41, 5.74) is 3.53. The number of fused-ring (bicyclic) bond motifs is 1. The molecular weight excluding hydrogens is 459 g/mol. The molecule has 3 aromatic heterocycles. The molecule has 0 radical (unpaired) electrons. The second kappa shape index (κ2) is 12.1. The predicted molar refractivity (Wildman–Crippen MR) is 139 cm³/mol. The van der Waals surface area contributed by atoms with Crippen molar-refractivity contribution in [2.24, 2.45) is 0 Å². The molecule has 188 valence electrons. The van der Waals surface area contributed by atoms with Gasteiger partial charge in [0.2, 0.25) is 5.95 Å². The quantitative estimate of drug-likeness (QED) is 0.245. The maximum absolute atomic E-state index is 13.0. The molecule has 0 fully saturated rings. The van der Waals surface area contributed by atoms with E-state index in [1.165, 1.54) is 0 Å². The lowest BCUT2D eigenvalue weighted by atomic mass is 10.2. The number of nitrogens with zero attached hydrogens (tertiary/aromatic N) is 4. The molecule has 36 heavy (non-hydrogen) atoms. The molecule has 0 saturated heterocycles. The smallest absolute Gasteiger partial charge is 0.270 e. The Hall–Kier alpha value is -4.01. The van der Waals surface area contributed by atoms with Crippen LogP contribution in [0.1, 0.15) is 43.6 Å². The summed E-state index contributed by atoms with van der Waals surface area (Å²) in [5.74, 6) is 1.05. The highest BCUT2D eigenvalue weighted by Crippen LogP contribution is 2.25. The SMILES string of the molecule is CCCN(CCC)C(=O)c1cc2cc(Nc3nccc(-c4cc(OCCCF)ccn4)n3)ccc2[nH]1. The Morgan fingerprint density at radius 1 is 1.03 bits per heavy atom. The number of rotatable bonds is 12. The number of benzene rings is 1. The van der Waals surface area contributed by atoms with Crippen molar-refractivity contribution in [3.05, 3.63) is 60.6 Å². The molecule has 3 heterocycles. The Morgan fingerprint density at radius 3 is 2.61 bits per heavy atom. The van der Waals surface area contributed by atoms with Gasteiger partial charge in [-0.25, -0.2) is 9.97 Å². The minimum absolute atomic E-state index is 0.0175. The van der Waals surface area contributed by atoms with Gasteiger partial charge in [-0.2, -0.15) is 0 Å². The number of hydrogen-bond acceptors (Lipinski definition) is 6. The van der Waals surface area contributed by atoms with Gasteiger partial charge in [0.15, 0.2) is 0 Å². The van der Waals surface area contributed by atoms with Crippen LogP contribution < -0.4 is 10.1 Å². The molecule has 4 aromatic rings. The first-order chi connectivity index (χ1) is 17.6. The number of pyridine rings is 1. The minimum atomic E-state index is -0.415. The third-order valence-electron chi connectivity index (χ3n) is 5.58. The van der Waals surface area contributed by atoms with E-state index in [1.54, 1.807) is 30.6 Å². The van der Waals surface area contributed by atoms with Crippen molar-refractivity contribution >= 4 is 28.4 Å². The normalized spacial score (nSPS) is 11.0. The summed E-state index contributed by atoms with van der Waals surface area (Å²) < 4.78 is 17.9. The summed E-state index contributed by atoms with van der Waals surface area (Å²) in [6, 6.07) is 13.0. The number of halogens is 1. The Bertz CT molecular complexity index is 1300. The van der Waals surface area contributed by atoms with E-state index in [0.29, 0.717) is 41.8 Å². The summed E-state index contributed by atoms with van der Waals surface area (Å²) in [6.45, 7) is 5.52. The van der Waals surface area contributed by atoms with Crippen molar-refractivity contribution in [1.29, 1.82) is 0 Å². The van der Waals surface area contributed by atoms with Crippen LogP contribution in [0.2, 0.25) is 0 Å². The summed E-state index contributed by atoms with van der Waals surface area (Å²) >= 11 is 0. The zero-order valence-corrected chi connectivity index (χ0v) is 20.6. The van der Waals surface area contributed by atoms with Crippen molar-refractivity contribution in [2.75, 3.05) is 31.7 Å². The van der Waals surface area contributed by atoms with E-state index >= 15 is 0 Å². The average molecular weight is 491 g/mol. The van der Waals surface area contributed by atoms with Crippen LogP contribution in [0.25, 0.3) is 22.3 Å². The van der Waals surface area contributed by atoms with Gasteiger partial charge < -0.3 is 19.9 Å². The largest absolute Gasteiger partial charge is 0.493 e. The van der Waals surface area contributed by atoms with Crippen molar-refractivity contribution in [3.8, 4) is 17.1 Å². The van der Waals surface area contributed by atoms with Crippen LogP contribution in [0.3, 0.4) is 0 Å². The second-order valence-electron chi connectivity index (χ2n) is 8.44. The Kier molecular flexibility index (Phi) is 8.44. The van der Waals surface area contributed by atoms with E-state index in [9.17, 15) is 9.18 Å². The third kappa shape index (κ3) is 6.16. The van der Waals surface area contributed by atoms with Gasteiger partial charge in [-0.3, -0.25) is 14.2 Å². The van der Waals surface area contributed by atoms with Crippen LogP contribution in [0.15, 0.2) is 54.9 Å². The van der Waals surface area contributed by atoms with Crippen LogP contribution >= 0.6 is 0 Å². The number of ether oxygens (including phenoxy) is 1. The molecule has 0 aliphatic rings. The van der Waals surface area contributed by atoms with Gasteiger partial charge in [-0.1, -0.05) is 13.8 Å². The highest BCUT2D eigenvalue weighted by Gasteiger charge is 2.17. The molecule has 4 rings (SSSR count). The molecule has 0 aliphatic carbocycles. The number of anilines is 2. The second-order valence-corrected chi connectivity index (χ2v) is 8.44. The number of amides is 1. The molecule has 8 nitrogen and oxygen atoms in total. The lowest BCUT2D eigenvalue weighted by molar-refractivity contribution is 0.0750. The van der Waals surface area contributed by atoms with E-state index in [4.69, 9.17) is 4.74 Å². The Labute approximate surface area is 209 Å². The monoisotopic (exact) mass is 490 g/mol. The molecule has 0 saturated carbocycles. The van der Waals surface area contributed by atoms with Crippen molar-refractivity contribution in [2.45, 2.75) is 33.1 Å². The molecule has 0 aliphatic heterocycles. The predicted octanol–water partition coefficient (Wildman–Crippen LogP) is 5.76. The molecular formula is C27H31FN6O2. The number of H-pyrrole nitrogens is 1. The topological polar surface area (TPSA) is 96.0 Å². The fourth-order valence-electron chi connectivity index (χ4n) is 3.93. The summed E-state index contributed by atoms with van der Waals surface area (Å²) in [4.78, 5) is 31.4. The molecule has 0 unspecified atom stereocenters. The zero-order valence-electron chi connectivity index (χ0n) is 20.6. The fraction of sp³-hybridized carbons (Fsp3) is 0.333. The number of carbonyl (C=O) groups is 1. The molecule has 1 aromatic carbocycles. The van der Waals surface area contributed by atoms with Gasteiger partial charge in [-0.05, 0) is 49.2 Å². The van der Waals surface area contributed by atoms with Crippen LogP contribution in [0.4, 0.5) is 16.0 Å². The molecule has 0 atom stereocenters. The summed E-state index contributed by atoms with van der Waals surface area (Å²) in [7, 11) is 0. The number of aromatic nitrogens is 4. The number of alkyl halides is 1. The van der Waals surface area contributed by atoms with Gasteiger partial charge >= 0.3 is 0 Å². The summed E-state index contributed by atoms with van der Waals surface area (Å²) in [6.07, 6.45) is 5.48. The lowest BCUT2D eigenvalue weighted by Crippen LogP contribution is -2.32. The first-order valence-corrected chi connectivity index (χ1v) is 12.3. The number of carbonyl (C=O) groups excluding carboxylic acids is 1. The Morgan fingerprint density at radius 2 is 1.83 bits per heavy atom. The summed E-state index contributed by atoms with van der Waals surface area (Å²) in [5, 5.41) is 4.16. The molecule has 9 heteroatoms. The first kappa shape index (κ1) is 25.1. The van der Waals surface area contributed by atoms with Crippen molar-refractivity contribution in [3.63, 3.8) is 0 Å². The van der Waals surface area contributed by atoms with Gasteiger partial charge in [-0.15, -0.1) is 0 Å². The van der Waals surface area contributed by atoms with E-state index in [0.717, 1.165) is 42.5 Å². The van der Waals surface area contributed by atoms with Crippen LogP contribution in [0.5, 0.6) is 5.75 Å². The Balaban J connectivity index is 1.51. The molecule has 2 N–H and O–H groups in total. The molecule has 0 spiro atoms. The zero-order chi connectivity index (χ0) is 25.3. The first-order valence-electron chi connectivity index (χ1n) is 12.3. The lowest BCUT2D eigenvalue weighted by Gasteiger charge is -2.20. The molecule has 1 amide bonds. The maximum Gasteiger partial charge on any atom is 0.270 e. The van der Waals surface area contributed by atoms with E-state index in [-0.39, 0.29) is 5.91 Å². The van der Waals surface area contributed by atoms with Crippen molar-refractivity contribution < 1.29 is 13.9 Å². The van der Waals surface area contributed by atoms with Gasteiger partial charge in [0.1, 0.15) is 11.4 Å². The van der Waals surface area contributed by atoms with E-state index in [2.05, 4.69) is 39.1 Å². The number of aromatic amines is 1.